The van der Waals surface area contributed by atoms with Gasteiger partial charge < -0.3 is 10.6 Å². The van der Waals surface area contributed by atoms with Gasteiger partial charge in [0.25, 0.3) is 5.95 Å². The van der Waals surface area contributed by atoms with Crippen molar-refractivity contribution in [1.29, 1.82) is 10.5 Å². The van der Waals surface area contributed by atoms with Crippen LogP contribution in [0.4, 0.5) is 28.8 Å². The SMILES string of the molecule is CNc1nc(Nc2cccc(C)c2)c(C#N)c(C)c1N=Nc1c(C#N)cnn1-c1ncccn1. The van der Waals surface area contributed by atoms with Crippen LogP contribution in [-0.2, 0) is 0 Å². The molecule has 0 aliphatic rings. The third kappa shape index (κ3) is 4.26. The minimum Gasteiger partial charge on any atom is -0.371 e. The number of aryl methyl sites for hydroxylation is 1. The third-order valence-electron chi connectivity index (χ3n) is 4.89. The zero-order valence-corrected chi connectivity index (χ0v) is 18.6. The van der Waals surface area contributed by atoms with E-state index in [1.807, 2.05) is 37.3 Å². The number of aromatic nitrogens is 5. The van der Waals surface area contributed by atoms with Gasteiger partial charge in [-0.15, -0.1) is 10.2 Å². The molecule has 0 spiro atoms. The molecule has 3 aromatic heterocycles. The summed E-state index contributed by atoms with van der Waals surface area (Å²) in [4.78, 5) is 12.9. The van der Waals surface area contributed by atoms with Crippen LogP contribution in [0.15, 0.2) is 59.2 Å². The van der Waals surface area contributed by atoms with Crippen LogP contribution in [0.3, 0.4) is 0 Å². The van der Waals surface area contributed by atoms with Crippen molar-refractivity contribution >= 4 is 28.8 Å². The predicted octanol–water partition coefficient (Wildman–Crippen LogP) is 4.62. The van der Waals surface area contributed by atoms with Gasteiger partial charge in [-0.3, -0.25) is 0 Å². The van der Waals surface area contributed by atoms with Gasteiger partial charge in [-0.25, -0.2) is 15.0 Å². The molecule has 0 saturated heterocycles. The maximum atomic E-state index is 9.85. The molecule has 4 rings (SSSR count). The van der Waals surface area contributed by atoms with E-state index < -0.39 is 0 Å². The number of nitrogens with one attached hydrogen (secondary N) is 2. The average Bonchev–Trinajstić information content (AvgIpc) is 3.27. The van der Waals surface area contributed by atoms with E-state index in [1.165, 1.54) is 10.9 Å². The number of azo groups is 1. The summed E-state index contributed by atoms with van der Waals surface area (Å²) in [6.07, 6.45) is 4.48. The fraction of sp³-hybridized carbons (Fsp3) is 0.130. The van der Waals surface area contributed by atoms with Crippen molar-refractivity contribution in [3.8, 4) is 18.1 Å². The highest BCUT2D eigenvalue weighted by Crippen LogP contribution is 2.36. The minimum atomic E-state index is 0.163. The van der Waals surface area contributed by atoms with Crippen LogP contribution in [0.1, 0.15) is 22.3 Å². The van der Waals surface area contributed by atoms with Crippen LogP contribution in [0.2, 0.25) is 0 Å². The van der Waals surface area contributed by atoms with E-state index in [-0.39, 0.29) is 17.3 Å². The summed E-state index contributed by atoms with van der Waals surface area (Å²) in [5.41, 5.74) is 3.35. The molecule has 0 aliphatic heterocycles. The van der Waals surface area contributed by atoms with Gasteiger partial charge in [-0.2, -0.15) is 20.3 Å². The van der Waals surface area contributed by atoms with Crippen molar-refractivity contribution in [1.82, 2.24) is 24.7 Å². The summed E-state index contributed by atoms with van der Waals surface area (Å²) < 4.78 is 1.32. The molecule has 0 saturated carbocycles. The number of benzene rings is 1. The van der Waals surface area contributed by atoms with Gasteiger partial charge in [0.2, 0.25) is 0 Å². The van der Waals surface area contributed by atoms with Crippen LogP contribution < -0.4 is 10.6 Å². The lowest BCUT2D eigenvalue weighted by atomic mass is 10.1. The van der Waals surface area contributed by atoms with E-state index in [0.29, 0.717) is 28.5 Å². The van der Waals surface area contributed by atoms with Crippen molar-refractivity contribution in [3.63, 3.8) is 0 Å². The number of hydrogen-bond donors (Lipinski definition) is 2. The summed E-state index contributed by atoms with van der Waals surface area (Å²) in [5.74, 6) is 1.22. The van der Waals surface area contributed by atoms with Gasteiger partial charge >= 0.3 is 0 Å². The fourth-order valence-electron chi connectivity index (χ4n) is 3.24. The van der Waals surface area contributed by atoms with Gasteiger partial charge in [0.05, 0.1) is 11.8 Å². The number of pyridine rings is 1. The largest absolute Gasteiger partial charge is 0.371 e. The van der Waals surface area contributed by atoms with Crippen LogP contribution in [0.5, 0.6) is 0 Å². The van der Waals surface area contributed by atoms with Gasteiger partial charge in [-0.05, 0) is 37.6 Å². The van der Waals surface area contributed by atoms with Gasteiger partial charge in [-0.1, -0.05) is 12.1 Å². The number of anilines is 3. The molecule has 0 unspecified atom stereocenters. The van der Waals surface area contributed by atoms with E-state index in [1.54, 1.807) is 32.4 Å². The molecule has 34 heavy (non-hydrogen) atoms. The first-order chi connectivity index (χ1) is 16.5. The molecule has 0 atom stereocenters. The molecule has 2 N–H and O–H groups in total. The molecule has 11 heteroatoms. The zero-order chi connectivity index (χ0) is 24.1. The van der Waals surface area contributed by atoms with Crippen molar-refractivity contribution in [3.05, 3.63) is 71.2 Å². The molecule has 0 amide bonds. The Morgan fingerprint density at radius 1 is 1.00 bits per heavy atom. The van der Waals surface area contributed by atoms with Crippen LogP contribution in [0, 0.1) is 36.5 Å². The molecule has 166 valence electrons. The van der Waals surface area contributed by atoms with Crippen LogP contribution in [0.25, 0.3) is 5.95 Å². The van der Waals surface area contributed by atoms with Crippen molar-refractivity contribution in [2.45, 2.75) is 13.8 Å². The molecule has 11 nitrogen and oxygen atoms in total. The number of rotatable bonds is 6. The maximum Gasteiger partial charge on any atom is 0.252 e. The molecular weight excluding hydrogens is 430 g/mol. The van der Waals surface area contributed by atoms with Gasteiger partial charge in [0, 0.05) is 30.7 Å². The average molecular weight is 449 g/mol. The Balaban J connectivity index is 1.79. The molecule has 1 aromatic carbocycles. The zero-order valence-electron chi connectivity index (χ0n) is 18.6. The van der Waals surface area contributed by atoms with Crippen molar-refractivity contribution < 1.29 is 0 Å². The number of nitriles is 2. The highest BCUT2D eigenvalue weighted by atomic mass is 15.4. The van der Waals surface area contributed by atoms with Crippen LogP contribution >= 0.6 is 0 Å². The summed E-state index contributed by atoms with van der Waals surface area (Å²) in [5, 5.41) is 38.3. The highest BCUT2D eigenvalue weighted by molar-refractivity contribution is 5.76. The molecule has 0 bridgehead atoms. The monoisotopic (exact) mass is 449 g/mol. The minimum absolute atomic E-state index is 0.163. The molecular formula is C23H19N11. The summed E-state index contributed by atoms with van der Waals surface area (Å²) in [6, 6.07) is 13.7. The third-order valence-corrected chi connectivity index (χ3v) is 4.89. The Morgan fingerprint density at radius 2 is 1.79 bits per heavy atom. The number of nitrogens with zero attached hydrogens (tertiary/aromatic N) is 9. The molecule has 0 aliphatic carbocycles. The first-order valence-electron chi connectivity index (χ1n) is 10.2. The lowest BCUT2D eigenvalue weighted by molar-refractivity contribution is 0.803. The van der Waals surface area contributed by atoms with E-state index >= 15 is 0 Å². The topological polar surface area (TPSA) is 153 Å². The standard InChI is InChI=1S/C23H19N11/c1-14-6-4-7-17(10-14)30-20-18(12-25)15(2)19(21(26-3)31-20)32-33-22-16(11-24)13-29-34(22)23-27-8-5-9-28-23/h4-10,13H,1-3H3,(H2,26,30,31). The molecule has 0 fully saturated rings. The normalized spacial score (nSPS) is 10.6. The molecule has 4 aromatic rings. The smallest absolute Gasteiger partial charge is 0.252 e. The first kappa shape index (κ1) is 22.0. The lowest BCUT2D eigenvalue weighted by Crippen LogP contribution is -2.04. The van der Waals surface area contributed by atoms with Crippen molar-refractivity contribution in [2.75, 3.05) is 17.7 Å². The second kappa shape index (κ2) is 9.54. The van der Waals surface area contributed by atoms with E-state index in [9.17, 15) is 10.5 Å². The Hall–Kier alpha value is -5.16. The summed E-state index contributed by atoms with van der Waals surface area (Å²) >= 11 is 0. The highest BCUT2D eigenvalue weighted by Gasteiger charge is 2.19. The van der Waals surface area contributed by atoms with Gasteiger partial charge in [0.1, 0.15) is 23.4 Å². The van der Waals surface area contributed by atoms with E-state index in [4.69, 9.17) is 0 Å². The van der Waals surface area contributed by atoms with Crippen LogP contribution in [-0.4, -0.2) is 31.8 Å². The van der Waals surface area contributed by atoms with Crippen molar-refractivity contribution in [2.24, 2.45) is 10.2 Å². The quantitative estimate of drug-likeness (QED) is 0.404. The van der Waals surface area contributed by atoms with E-state index in [0.717, 1.165) is 11.3 Å². The Bertz CT molecular complexity index is 1460. The Labute approximate surface area is 195 Å². The Morgan fingerprint density at radius 3 is 2.47 bits per heavy atom. The maximum absolute atomic E-state index is 9.85. The summed E-state index contributed by atoms with van der Waals surface area (Å²) in [6.45, 7) is 3.75. The fourth-order valence-corrected chi connectivity index (χ4v) is 3.24. The second-order valence-electron chi connectivity index (χ2n) is 7.17. The molecule has 3 heterocycles. The summed E-state index contributed by atoms with van der Waals surface area (Å²) in [7, 11) is 1.70. The first-order valence-corrected chi connectivity index (χ1v) is 10.2. The Kier molecular flexibility index (Phi) is 6.19. The van der Waals surface area contributed by atoms with E-state index in [2.05, 4.69) is 47.0 Å². The predicted molar refractivity (Wildman–Crippen MR) is 126 cm³/mol. The molecule has 0 radical (unpaired) electrons. The second-order valence-corrected chi connectivity index (χ2v) is 7.17. The number of hydrogen-bond acceptors (Lipinski definition) is 10. The van der Waals surface area contributed by atoms with Gasteiger partial charge in [0.15, 0.2) is 17.5 Å². The lowest BCUT2D eigenvalue weighted by Gasteiger charge is -2.14.